The van der Waals surface area contributed by atoms with Gasteiger partial charge in [-0.05, 0) is 47.5 Å². The fraction of sp³-hybridized carbons (Fsp3) is 0.769. The van der Waals surface area contributed by atoms with Gasteiger partial charge in [-0.2, -0.15) is 5.10 Å². The van der Waals surface area contributed by atoms with Crippen molar-refractivity contribution >= 4 is 15.9 Å². The first-order chi connectivity index (χ1) is 7.95. The molecule has 0 aromatic carbocycles. The van der Waals surface area contributed by atoms with Crippen molar-refractivity contribution in [3.05, 3.63) is 15.9 Å². The predicted molar refractivity (Wildman–Crippen MR) is 73.9 cm³/mol. The Bertz CT molecular complexity index is 413. The van der Waals surface area contributed by atoms with Gasteiger partial charge >= 0.3 is 0 Å². The molecule has 0 saturated heterocycles. The highest BCUT2D eigenvalue weighted by Gasteiger charge is 2.35. The highest BCUT2D eigenvalue weighted by molar-refractivity contribution is 9.10. The molecule has 0 spiro atoms. The summed E-state index contributed by atoms with van der Waals surface area (Å²) in [5.74, 6) is 0.762. The summed E-state index contributed by atoms with van der Waals surface area (Å²) in [7, 11) is 2.01. The number of aromatic nitrogens is 2. The predicted octanol–water partition coefficient (Wildman–Crippen LogP) is 2.81. The van der Waals surface area contributed by atoms with Gasteiger partial charge in [-0.15, -0.1) is 0 Å². The molecule has 2 N–H and O–H groups in total. The molecule has 17 heavy (non-hydrogen) atoms. The van der Waals surface area contributed by atoms with Crippen LogP contribution in [0, 0.1) is 5.92 Å². The van der Waals surface area contributed by atoms with Crippen LogP contribution in [0.15, 0.2) is 4.47 Å². The summed E-state index contributed by atoms with van der Waals surface area (Å²) >= 11 is 3.67. The number of rotatable bonds is 3. The molecule has 1 fully saturated rings. The van der Waals surface area contributed by atoms with Crippen LogP contribution in [0.1, 0.15) is 44.5 Å². The maximum absolute atomic E-state index is 6.51. The zero-order valence-electron chi connectivity index (χ0n) is 11.0. The maximum Gasteiger partial charge on any atom is 0.0766 e. The average molecular weight is 300 g/mol. The third-order valence-corrected chi connectivity index (χ3v) is 4.83. The van der Waals surface area contributed by atoms with E-state index < -0.39 is 0 Å². The van der Waals surface area contributed by atoms with E-state index in [4.69, 9.17) is 5.73 Å². The molecule has 0 bridgehead atoms. The third-order valence-electron chi connectivity index (χ3n) is 3.91. The van der Waals surface area contributed by atoms with Crippen LogP contribution >= 0.6 is 15.9 Å². The lowest BCUT2D eigenvalue weighted by molar-refractivity contribution is 0.407. The standard InChI is InChI=1S/C13H22BrN3/c1-4-10-12(14)11(17(3)16-10)8-13(15)6-5-9(2)7-13/h9H,4-8,15H2,1-3H3. The van der Waals surface area contributed by atoms with Gasteiger partial charge in [0.15, 0.2) is 0 Å². The topological polar surface area (TPSA) is 43.8 Å². The normalized spacial score (nSPS) is 28.9. The van der Waals surface area contributed by atoms with E-state index in [0.29, 0.717) is 0 Å². The molecule has 1 aliphatic carbocycles. The fourth-order valence-electron chi connectivity index (χ4n) is 2.94. The largest absolute Gasteiger partial charge is 0.325 e. The van der Waals surface area contributed by atoms with Crippen molar-refractivity contribution in [3.8, 4) is 0 Å². The molecule has 0 radical (unpaired) electrons. The molecule has 3 nitrogen and oxygen atoms in total. The molecule has 0 aliphatic heterocycles. The molecule has 1 aromatic heterocycles. The number of nitrogens with zero attached hydrogens (tertiary/aromatic N) is 2. The van der Waals surface area contributed by atoms with Gasteiger partial charge in [-0.1, -0.05) is 13.8 Å². The highest BCUT2D eigenvalue weighted by Crippen LogP contribution is 2.36. The molecule has 0 amide bonds. The number of hydrogen-bond donors (Lipinski definition) is 1. The second-order valence-electron chi connectivity index (χ2n) is 5.57. The molecule has 2 atom stereocenters. The van der Waals surface area contributed by atoms with E-state index >= 15 is 0 Å². The zero-order chi connectivity index (χ0) is 12.6. The van der Waals surface area contributed by atoms with Crippen LogP contribution in [0.4, 0.5) is 0 Å². The summed E-state index contributed by atoms with van der Waals surface area (Å²) in [6, 6.07) is 0. The molecule has 1 saturated carbocycles. The van der Waals surface area contributed by atoms with E-state index in [-0.39, 0.29) is 5.54 Å². The lowest BCUT2D eigenvalue weighted by Crippen LogP contribution is -2.39. The number of nitrogens with two attached hydrogens (primary N) is 1. The molecule has 1 aromatic rings. The minimum Gasteiger partial charge on any atom is -0.325 e. The van der Waals surface area contributed by atoms with Gasteiger partial charge in [-0.3, -0.25) is 4.68 Å². The lowest BCUT2D eigenvalue weighted by atomic mass is 9.91. The van der Waals surface area contributed by atoms with Gasteiger partial charge in [0.2, 0.25) is 0 Å². The first-order valence-electron chi connectivity index (χ1n) is 6.44. The Morgan fingerprint density at radius 1 is 1.59 bits per heavy atom. The molecular formula is C13H22BrN3. The van der Waals surface area contributed by atoms with Crippen molar-refractivity contribution in [1.82, 2.24) is 9.78 Å². The van der Waals surface area contributed by atoms with Crippen LogP contribution < -0.4 is 5.73 Å². The molecule has 4 heteroatoms. The van der Waals surface area contributed by atoms with E-state index in [1.807, 2.05) is 11.7 Å². The van der Waals surface area contributed by atoms with Gasteiger partial charge in [-0.25, -0.2) is 0 Å². The Hall–Kier alpha value is -0.350. The monoisotopic (exact) mass is 299 g/mol. The van der Waals surface area contributed by atoms with Gasteiger partial charge in [0.05, 0.1) is 15.9 Å². The first-order valence-corrected chi connectivity index (χ1v) is 7.23. The van der Waals surface area contributed by atoms with Crippen molar-refractivity contribution < 1.29 is 0 Å². The minimum absolute atomic E-state index is 0.0270. The van der Waals surface area contributed by atoms with Crippen LogP contribution in [0.3, 0.4) is 0 Å². The highest BCUT2D eigenvalue weighted by atomic mass is 79.9. The van der Waals surface area contributed by atoms with Crippen molar-refractivity contribution in [2.75, 3.05) is 0 Å². The van der Waals surface area contributed by atoms with Crippen molar-refractivity contribution in [2.24, 2.45) is 18.7 Å². The van der Waals surface area contributed by atoms with Gasteiger partial charge in [0, 0.05) is 19.0 Å². The zero-order valence-corrected chi connectivity index (χ0v) is 12.5. The number of aryl methyl sites for hydroxylation is 2. The van der Waals surface area contributed by atoms with Crippen LogP contribution in [-0.2, 0) is 19.9 Å². The Balaban J connectivity index is 2.21. The average Bonchev–Trinajstić information content (AvgIpc) is 2.73. The first kappa shape index (κ1) is 13.1. The summed E-state index contributed by atoms with van der Waals surface area (Å²) in [6.45, 7) is 4.43. The van der Waals surface area contributed by atoms with Crippen LogP contribution in [0.5, 0.6) is 0 Å². The Morgan fingerprint density at radius 2 is 2.29 bits per heavy atom. The van der Waals surface area contributed by atoms with Crippen LogP contribution in [0.2, 0.25) is 0 Å². The summed E-state index contributed by atoms with van der Waals surface area (Å²) in [5.41, 5.74) is 8.87. The second kappa shape index (κ2) is 4.73. The molecule has 1 aliphatic rings. The quantitative estimate of drug-likeness (QED) is 0.933. The Kier molecular flexibility index (Phi) is 3.64. The Morgan fingerprint density at radius 3 is 2.76 bits per heavy atom. The van der Waals surface area contributed by atoms with Crippen LogP contribution in [0.25, 0.3) is 0 Å². The van der Waals surface area contributed by atoms with E-state index in [1.165, 1.54) is 12.1 Å². The van der Waals surface area contributed by atoms with E-state index in [9.17, 15) is 0 Å². The Labute approximate surface area is 112 Å². The maximum atomic E-state index is 6.51. The van der Waals surface area contributed by atoms with E-state index in [1.54, 1.807) is 0 Å². The fourth-order valence-corrected chi connectivity index (χ4v) is 3.69. The van der Waals surface area contributed by atoms with Gasteiger partial charge < -0.3 is 5.73 Å². The lowest BCUT2D eigenvalue weighted by Gasteiger charge is -2.24. The summed E-state index contributed by atoms with van der Waals surface area (Å²) in [5, 5.41) is 4.54. The van der Waals surface area contributed by atoms with Crippen molar-refractivity contribution in [3.63, 3.8) is 0 Å². The van der Waals surface area contributed by atoms with Gasteiger partial charge in [0.1, 0.15) is 0 Å². The summed E-state index contributed by atoms with van der Waals surface area (Å²) in [4.78, 5) is 0. The summed E-state index contributed by atoms with van der Waals surface area (Å²) < 4.78 is 3.15. The smallest absolute Gasteiger partial charge is 0.0766 e. The second-order valence-corrected chi connectivity index (χ2v) is 6.36. The molecule has 1 heterocycles. The number of halogens is 1. The van der Waals surface area contributed by atoms with Crippen LogP contribution in [-0.4, -0.2) is 15.3 Å². The molecular weight excluding hydrogens is 278 g/mol. The summed E-state index contributed by atoms with van der Waals surface area (Å²) in [6.07, 6.45) is 5.41. The van der Waals surface area contributed by atoms with E-state index in [0.717, 1.165) is 41.8 Å². The third kappa shape index (κ3) is 2.58. The molecule has 2 unspecified atom stereocenters. The van der Waals surface area contributed by atoms with Crippen molar-refractivity contribution in [1.29, 1.82) is 0 Å². The van der Waals surface area contributed by atoms with E-state index in [2.05, 4.69) is 34.9 Å². The van der Waals surface area contributed by atoms with Gasteiger partial charge in [0.25, 0.3) is 0 Å². The number of hydrogen-bond acceptors (Lipinski definition) is 2. The molecule has 2 rings (SSSR count). The minimum atomic E-state index is -0.0270. The SMILES string of the molecule is CCc1nn(C)c(CC2(N)CCC(C)C2)c1Br. The van der Waals surface area contributed by atoms with Crippen molar-refractivity contribution in [2.45, 2.75) is 51.5 Å². The molecule has 96 valence electrons.